The van der Waals surface area contributed by atoms with Gasteiger partial charge in [-0.15, -0.1) is 0 Å². The highest BCUT2D eigenvalue weighted by molar-refractivity contribution is 6.30. The number of aryl methyl sites for hydroxylation is 1. The molecule has 1 heterocycles. The van der Waals surface area contributed by atoms with E-state index in [4.69, 9.17) is 21.8 Å². The van der Waals surface area contributed by atoms with Gasteiger partial charge in [0.1, 0.15) is 11.5 Å². The van der Waals surface area contributed by atoms with Gasteiger partial charge in [0, 0.05) is 17.6 Å². The summed E-state index contributed by atoms with van der Waals surface area (Å²) in [5.74, 6) is 1.87. The summed E-state index contributed by atoms with van der Waals surface area (Å²) in [5, 5.41) is 0.734. The van der Waals surface area contributed by atoms with E-state index in [-0.39, 0.29) is 6.04 Å². The van der Waals surface area contributed by atoms with Gasteiger partial charge in [-0.2, -0.15) is 0 Å². The Balaban J connectivity index is 2.12. The van der Waals surface area contributed by atoms with Crippen LogP contribution in [0, 0.1) is 6.92 Å². The second-order valence-electron chi connectivity index (χ2n) is 4.73. The van der Waals surface area contributed by atoms with Crippen molar-refractivity contribution in [3.63, 3.8) is 0 Å². The average Bonchev–Trinajstić information content (AvgIpc) is 2.75. The summed E-state index contributed by atoms with van der Waals surface area (Å²) in [6.07, 6.45) is 0. The van der Waals surface area contributed by atoms with Crippen LogP contribution < -0.4 is 5.73 Å². The summed E-state index contributed by atoms with van der Waals surface area (Å²) < 4.78 is 5.60. The minimum atomic E-state index is 0.129. The fourth-order valence-electron chi connectivity index (χ4n) is 2.21. The molecule has 0 saturated carbocycles. The quantitative estimate of drug-likeness (QED) is 0.912. The maximum absolute atomic E-state index is 6.04. The van der Waals surface area contributed by atoms with Gasteiger partial charge in [-0.05, 0) is 43.8 Å². The predicted molar refractivity (Wildman–Crippen MR) is 78.2 cm³/mol. The van der Waals surface area contributed by atoms with Gasteiger partial charge in [-0.3, -0.25) is 4.90 Å². The van der Waals surface area contributed by atoms with Crippen LogP contribution in [0.5, 0.6) is 0 Å². The van der Waals surface area contributed by atoms with Crippen LogP contribution in [0.25, 0.3) is 0 Å². The minimum Gasteiger partial charge on any atom is -0.465 e. The van der Waals surface area contributed by atoms with Crippen molar-refractivity contribution >= 4 is 11.6 Å². The first-order valence-electron chi connectivity index (χ1n) is 6.31. The maximum Gasteiger partial charge on any atom is 0.118 e. The first-order valence-corrected chi connectivity index (χ1v) is 6.69. The zero-order valence-corrected chi connectivity index (χ0v) is 12.0. The molecule has 0 saturated heterocycles. The van der Waals surface area contributed by atoms with E-state index < -0.39 is 0 Å². The zero-order valence-electron chi connectivity index (χ0n) is 11.3. The molecule has 0 aliphatic rings. The van der Waals surface area contributed by atoms with Crippen molar-refractivity contribution in [2.24, 2.45) is 5.73 Å². The van der Waals surface area contributed by atoms with Crippen molar-refractivity contribution in [3.05, 3.63) is 58.5 Å². The number of halogens is 1. The Morgan fingerprint density at radius 2 is 2.11 bits per heavy atom. The number of hydrogen-bond acceptors (Lipinski definition) is 3. The van der Waals surface area contributed by atoms with E-state index in [0.717, 1.165) is 28.7 Å². The van der Waals surface area contributed by atoms with Gasteiger partial charge >= 0.3 is 0 Å². The summed E-state index contributed by atoms with van der Waals surface area (Å²) in [6.45, 7) is 3.21. The van der Waals surface area contributed by atoms with Crippen molar-refractivity contribution in [1.29, 1.82) is 0 Å². The van der Waals surface area contributed by atoms with Crippen LogP contribution in [0.1, 0.15) is 23.1 Å². The first kappa shape index (κ1) is 14.1. The summed E-state index contributed by atoms with van der Waals surface area (Å²) >= 11 is 6.04. The number of likely N-dealkylation sites (N-methyl/N-ethyl adjacent to an activating group) is 1. The fourth-order valence-corrected chi connectivity index (χ4v) is 2.41. The van der Waals surface area contributed by atoms with E-state index in [9.17, 15) is 0 Å². The lowest BCUT2D eigenvalue weighted by Gasteiger charge is -2.26. The number of furan rings is 1. The number of nitrogens with two attached hydrogens (primary N) is 1. The molecule has 0 aliphatic carbocycles. The average molecular weight is 279 g/mol. The summed E-state index contributed by atoms with van der Waals surface area (Å²) in [4.78, 5) is 2.17. The van der Waals surface area contributed by atoms with Crippen LogP contribution in [0.15, 0.2) is 40.8 Å². The second kappa shape index (κ2) is 6.24. The molecule has 0 bridgehead atoms. The fraction of sp³-hybridized carbons (Fsp3) is 0.333. The third-order valence-electron chi connectivity index (χ3n) is 3.19. The van der Waals surface area contributed by atoms with Crippen molar-refractivity contribution in [2.45, 2.75) is 19.5 Å². The van der Waals surface area contributed by atoms with Gasteiger partial charge in [0.05, 0.1) is 6.54 Å². The summed E-state index contributed by atoms with van der Waals surface area (Å²) in [5.41, 5.74) is 7.03. The molecule has 0 spiro atoms. The zero-order chi connectivity index (χ0) is 13.8. The first-order chi connectivity index (χ1) is 9.10. The van der Waals surface area contributed by atoms with Crippen LogP contribution in [-0.4, -0.2) is 18.5 Å². The Morgan fingerprint density at radius 3 is 2.68 bits per heavy atom. The lowest BCUT2D eigenvalue weighted by Crippen LogP contribution is -2.30. The van der Waals surface area contributed by atoms with Crippen LogP contribution >= 0.6 is 11.6 Å². The SMILES string of the molecule is Cc1ccc(CN(C)C(CN)c2cccc(Cl)c2)o1. The third kappa shape index (κ3) is 3.60. The van der Waals surface area contributed by atoms with E-state index in [1.807, 2.05) is 50.4 Å². The summed E-state index contributed by atoms with van der Waals surface area (Å²) in [7, 11) is 2.04. The van der Waals surface area contributed by atoms with Gasteiger partial charge in [0.2, 0.25) is 0 Å². The monoisotopic (exact) mass is 278 g/mol. The molecule has 1 aromatic carbocycles. The smallest absolute Gasteiger partial charge is 0.118 e. The molecule has 1 unspecified atom stereocenters. The van der Waals surface area contributed by atoms with Gasteiger partial charge < -0.3 is 10.2 Å². The lowest BCUT2D eigenvalue weighted by atomic mass is 10.1. The molecule has 0 radical (unpaired) electrons. The molecule has 19 heavy (non-hydrogen) atoms. The van der Waals surface area contributed by atoms with Crippen LogP contribution in [-0.2, 0) is 6.54 Å². The van der Waals surface area contributed by atoms with Crippen LogP contribution in [0.4, 0.5) is 0 Å². The number of benzene rings is 1. The molecule has 2 N–H and O–H groups in total. The largest absolute Gasteiger partial charge is 0.465 e. The maximum atomic E-state index is 6.04. The number of rotatable bonds is 5. The van der Waals surface area contributed by atoms with Crippen LogP contribution in [0.2, 0.25) is 5.02 Å². The molecule has 0 aliphatic heterocycles. The molecule has 2 aromatic rings. The van der Waals surface area contributed by atoms with Gasteiger partial charge in [0.25, 0.3) is 0 Å². The van der Waals surface area contributed by atoms with Crippen molar-refractivity contribution in [2.75, 3.05) is 13.6 Å². The normalized spacial score (nSPS) is 12.9. The van der Waals surface area contributed by atoms with Crippen molar-refractivity contribution in [3.8, 4) is 0 Å². The molecular formula is C15H19ClN2O. The lowest BCUT2D eigenvalue weighted by molar-refractivity contribution is 0.221. The van der Waals surface area contributed by atoms with E-state index in [0.29, 0.717) is 6.54 Å². The Morgan fingerprint density at radius 1 is 1.32 bits per heavy atom. The molecule has 0 amide bonds. The second-order valence-corrected chi connectivity index (χ2v) is 5.17. The number of hydrogen-bond donors (Lipinski definition) is 1. The molecule has 1 atom stereocenters. The third-order valence-corrected chi connectivity index (χ3v) is 3.43. The molecule has 1 aromatic heterocycles. The Labute approximate surface area is 119 Å². The van der Waals surface area contributed by atoms with Crippen LogP contribution in [0.3, 0.4) is 0 Å². The highest BCUT2D eigenvalue weighted by Crippen LogP contribution is 2.23. The Kier molecular flexibility index (Phi) is 4.64. The minimum absolute atomic E-state index is 0.129. The molecular weight excluding hydrogens is 260 g/mol. The van der Waals surface area contributed by atoms with E-state index in [1.54, 1.807) is 0 Å². The number of nitrogens with zero attached hydrogens (tertiary/aromatic N) is 1. The highest BCUT2D eigenvalue weighted by atomic mass is 35.5. The topological polar surface area (TPSA) is 42.4 Å². The Bertz CT molecular complexity index is 538. The van der Waals surface area contributed by atoms with Gasteiger partial charge in [-0.1, -0.05) is 23.7 Å². The molecule has 4 heteroatoms. The van der Waals surface area contributed by atoms with E-state index in [1.165, 1.54) is 0 Å². The molecule has 102 valence electrons. The molecule has 3 nitrogen and oxygen atoms in total. The van der Waals surface area contributed by atoms with Crippen molar-refractivity contribution in [1.82, 2.24) is 4.90 Å². The van der Waals surface area contributed by atoms with E-state index >= 15 is 0 Å². The molecule has 0 fully saturated rings. The standard InChI is InChI=1S/C15H19ClN2O/c1-11-6-7-14(19-11)10-18(2)15(9-17)12-4-3-5-13(16)8-12/h3-8,15H,9-10,17H2,1-2H3. The highest BCUT2D eigenvalue weighted by Gasteiger charge is 2.17. The van der Waals surface area contributed by atoms with Gasteiger partial charge in [0.15, 0.2) is 0 Å². The van der Waals surface area contributed by atoms with E-state index in [2.05, 4.69) is 4.90 Å². The van der Waals surface area contributed by atoms with Crippen molar-refractivity contribution < 1.29 is 4.42 Å². The predicted octanol–water partition coefficient (Wildman–Crippen LogP) is 3.37. The Hall–Kier alpha value is -1.29. The molecule has 2 rings (SSSR count). The van der Waals surface area contributed by atoms with Gasteiger partial charge in [-0.25, -0.2) is 0 Å². The summed E-state index contributed by atoms with van der Waals surface area (Å²) in [6, 6.07) is 11.9.